The van der Waals surface area contributed by atoms with Gasteiger partial charge in [0, 0.05) is 19.3 Å². The second kappa shape index (κ2) is 4.79. The maximum atomic E-state index is 12.3. The molecule has 0 fully saturated rings. The van der Waals surface area contributed by atoms with Gasteiger partial charge in [0.25, 0.3) is 5.91 Å². The van der Waals surface area contributed by atoms with Crippen molar-refractivity contribution >= 4 is 29.1 Å². The zero-order valence-electron chi connectivity index (χ0n) is 9.75. The van der Waals surface area contributed by atoms with Crippen LogP contribution in [0.1, 0.15) is 16.2 Å². The molecule has 1 aliphatic heterocycles. The summed E-state index contributed by atoms with van der Waals surface area (Å²) in [5.41, 5.74) is 0.419. The summed E-state index contributed by atoms with van der Waals surface area (Å²) in [6.45, 7) is 1.71. The number of fused-ring (bicyclic) bond motifs is 1. The summed E-state index contributed by atoms with van der Waals surface area (Å²) in [4.78, 5) is 17.9. The highest BCUT2D eigenvalue weighted by Gasteiger charge is 2.23. The minimum absolute atomic E-state index is 0.139. The lowest BCUT2D eigenvalue weighted by Gasteiger charge is -2.27. The number of amides is 1. The molecule has 0 bridgehead atoms. The molecule has 19 heavy (non-hydrogen) atoms. The molecule has 6 nitrogen and oxygen atoms in total. The van der Waals surface area contributed by atoms with E-state index in [-0.39, 0.29) is 16.1 Å². The normalized spacial score (nSPS) is 14.3. The summed E-state index contributed by atoms with van der Waals surface area (Å²) in [6.07, 6.45) is 3.09. The van der Waals surface area contributed by atoms with Crippen molar-refractivity contribution in [3.63, 3.8) is 0 Å². The highest BCUT2D eigenvalue weighted by Crippen LogP contribution is 2.21. The van der Waals surface area contributed by atoms with Gasteiger partial charge in [-0.2, -0.15) is 0 Å². The molecule has 3 heterocycles. The number of pyridine rings is 1. The summed E-state index contributed by atoms with van der Waals surface area (Å²) in [7, 11) is 0. The third-order valence-electron chi connectivity index (χ3n) is 2.97. The Kier molecular flexibility index (Phi) is 3.12. The molecule has 0 N–H and O–H groups in total. The van der Waals surface area contributed by atoms with Gasteiger partial charge in [-0.3, -0.25) is 4.79 Å². The number of rotatable bonds is 1. The average molecular weight is 298 g/mol. The number of hydrogen-bond acceptors (Lipinski definition) is 4. The molecular weight excluding hydrogens is 289 g/mol. The number of carbonyl (C=O) groups excluding carboxylic acids is 1. The molecule has 8 heteroatoms. The van der Waals surface area contributed by atoms with Gasteiger partial charge < -0.3 is 9.47 Å². The Morgan fingerprint density at radius 1 is 1.32 bits per heavy atom. The Hall–Kier alpha value is -1.66. The lowest BCUT2D eigenvalue weighted by Crippen LogP contribution is -2.38. The van der Waals surface area contributed by atoms with Crippen molar-refractivity contribution in [2.45, 2.75) is 13.1 Å². The van der Waals surface area contributed by atoms with Crippen molar-refractivity contribution in [1.29, 1.82) is 0 Å². The fourth-order valence-corrected chi connectivity index (χ4v) is 2.23. The van der Waals surface area contributed by atoms with Crippen molar-refractivity contribution in [1.82, 2.24) is 24.6 Å². The second-order valence-corrected chi connectivity index (χ2v) is 4.93. The van der Waals surface area contributed by atoms with Gasteiger partial charge in [-0.05, 0) is 6.07 Å². The van der Waals surface area contributed by atoms with E-state index in [1.807, 2.05) is 4.57 Å². The predicted molar refractivity (Wildman–Crippen MR) is 69.0 cm³/mol. The van der Waals surface area contributed by atoms with Crippen LogP contribution in [0.4, 0.5) is 0 Å². The average Bonchev–Trinajstić information content (AvgIpc) is 2.88. The molecule has 2 aromatic rings. The van der Waals surface area contributed by atoms with E-state index >= 15 is 0 Å². The molecule has 98 valence electrons. The molecular formula is C11H9Cl2N5O. The molecule has 0 atom stereocenters. The maximum absolute atomic E-state index is 12.3. The number of halogens is 2. The minimum atomic E-state index is -0.139. The molecule has 0 saturated heterocycles. The van der Waals surface area contributed by atoms with Crippen molar-refractivity contribution in [2.75, 3.05) is 6.54 Å². The molecule has 3 rings (SSSR count). The fourth-order valence-electron chi connectivity index (χ4n) is 1.96. The van der Waals surface area contributed by atoms with Crippen molar-refractivity contribution in [3.05, 3.63) is 40.2 Å². The smallest absolute Gasteiger partial charge is 0.255 e. The first-order valence-corrected chi connectivity index (χ1v) is 6.38. The molecule has 2 aromatic heterocycles. The summed E-state index contributed by atoms with van der Waals surface area (Å²) < 4.78 is 1.93. The quantitative estimate of drug-likeness (QED) is 0.751. The number of carbonyl (C=O) groups is 1. The van der Waals surface area contributed by atoms with Gasteiger partial charge in [-0.25, -0.2) is 4.98 Å². The Morgan fingerprint density at radius 2 is 2.16 bits per heavy atom. The van der Waals surface area contributed by atoms with Crippen molar-refractivity contribution in [3.8, 4) is 0 Å². The van der Waals surface area contributed by atoms with Crippen LogP contribution in [0, 0.1) is 0 Å². The molecule has 1 amide bonds. The fraction of sp³-hybridized carbons (Fsp3) is 0.273. The molecule has 1 aliphatic rings. The van der Waals surface area contributed by atoms with E-state index in [9.17, 15) is 4.79 Å². The van der Waals surface area contributed by atoms with Gasteiger partial charge in [0.2, 0.25) is 0 Å². The van der Waals surface area contributed by atoms with Crippen LogP contribution in [0.2, 0.25) is 10.2 Å². The van der Waals surface area contributed by atoms with Crippen LogP contribution >= 0.6 is 23.2 Å². The van der Waals surface area contributed by atoms with E-state index in [0.29, 0.717) is 25.2 Å². The molecule has 0 spiro atoms. The van der Waals surface area contributed by atoms with Gasteiger partial charge in [0.1, 0.15) is 11.5 Å². The molecule has 0 radical (unpaired) electrons. The lowest BCUT2D eigenvalue weighted by molar-refractivity contribution is 0.0707. The van der Waals surface area contributed by atoms with Crippen LogP contribution in [0.3, 0.4) is 0 Å². The van der Waals surface area contributed by atoms with Gasteiger partial charge in [-0.15, -0.1) is 10.2 Å². The molecule has 0 saturated carbocycles. The zero-order chi connectivity index (χ0) is 13.4. The Morgan fingerprint density at radius 3 is 2.95 bits per heavy atom. The maximum Gasteiger partial charge on any atom is 0.255 e. The standard InChI is InChI=1S/C11H9Cl2N5O/c12-8-3-7(4-14-10(8)13)11(19)17-1-2-18-6-15-16-9(18)5-17/h3-4,6H,1-2,5H2. The topological polar surface area (TPSA) is 63.9 Å². The Bertz CT molecular complexity index is 642. The first-order valence-electron chi connectivity index (χ1n) is 5.62. The monoisotopic (exact) mass is 297 g/mol. The SMILES string of the molecule is O=C(c1cnc(Cl)c(Cl)c1)N1CCn2cnnc2C1. The van der Waals surface area contributed by atoms with E-state index in [4.69, 9.17) is 23.2 Å². The molecule has 0 aromatic carbocycles. The number of hydrogen-bond donors (Lipinski definition) is 0. The van der Waals surface area contributed by atoms with Gasteiger partial charge in [0.15, 0.2) is 5.82 Å². The van der Waals surface area contributed by atoms with E-state index in [1.54, 1.807) is 11.2 Å². The summed E-state index contributed by atoms with van der Waals surface area (Å²) in [5, 5.41) is 8.25. The summed E-state index contributed by atoms with van der Waals surface area (Å²) >= 11 is 11.6. The van der Waals surface area contributed by atoms with Crippen molar-refractivity contribution < 1.29 is 4.79 Å². The van der Waals surface area contributed by atoms with Gasteiger partial charge in [-0.1, -0.05) is 23.2 Å². The van der Waals surface area contributed by atoms with Gasteiger partial charge in [0.05, 0.1) is 17.1 Å². The minimum Gasteiger partial charge on any atom is -0.329 e. The molecule has 0 unspecified atom stereocenters. The first kappa shape index (κ1) is 12.4. The zero-order valence-corrected chi connectivity index (χ0v) is 11.3. The van der Waals surface area contributed by atoms with E-state index in [2.05, 4.69) is 15.2 Å². The van der Waals surface area contributed by atoms with Crippen LogP contribution in [-0.4, -0.2) is 37.1 Å². The van der Waals surface area contributed by atoms with Crippen LogP contribution in [0.5, 0.6) is 0 Å². The van der Waals surface area contributed by atoms with Crippen LogP contribution in [0.25, 0.3) is 0 Å². The largest absolute Gasteiger partial charge is 0.329 e. The number of nitrogens with zero attached hydrogens (tertiary/aromatic N) is 5. The third kappa shape index (κ3) is 2.29. The second-order valence-electron chi connectivity index (χ2n) is 4.16. The van der Waals surface area contributed by atoms with Gasteiger partial charge >= 0.3 is 0 Å². The lowest BCUT2D eigenvalue weighted by atomic mass is 10.2. The van der Waals surface area contributed by atoms with Crippen LogP contribution in [0.15, 0.2) is 18.6 Å². The third-order valence-corrected chi connectivity index (χ3v) is 3.66. The van der Waals surface area contributed by atoms with Crippen LogP contribution < -0.4 is 0 Å². The summed E-state index contributed by atoms with van der Waals surface area (Å²) in [5.74, 6) is 0.632. The summed E-state index contributed by atoms with van der Waals surface area (Å²) in [6, 6.07) is 1.53. The van der Waals surface area contributed by atoms with Crippen LogP contribution in [-0.2, 0) is 13.1 Å². The van der Waals surface area contributed by atoms with Crippen molar-refractivity contribution in [2.24, 2.45) is 0 Å². The first-order chi connectivity index (χ1) is 9.15. The van der Waals surface area contributed by atoms with E-state index in [0.717, 1.165) is 5.82 Å². The Balaban J connectivity index is 1.83. The van der Waals surface area contributed by atoms with E-state index < -0.39 is 0 Å². The predicted octanol–water partition coefficient (Wildman–Crippen LogP) is 1.64. The Labute approximate surface area is 119 Å². The highest BCUT2D eigenvalue weighted by molar-refractivity contribution is 6.41. The molecule has 0 aliphatic carbocycles. The van der Waals surface area contributed by atoms with E-state index in [1.165, 1.54) is 12.3 Å². The number of aromatic nitrogens is 4. The highest BCUT2D eigenvalue weighted by atomic mass is 35.5.